The van der Waals surface area contributed by atoms with E-state index in [0.717, 1.165) is 91.5 Å². The van der Waals surface area contributed by atoms with E-state index in [1.807, 2.05) is 54.3 Å². The molecule has 1 amide bonds. The van der Waals surface area contributed by atoms with Crippen molar-refractivity contribution in [2.24, 2.45) is 0 Å². The maximum atomic E-state index is 13.8. The number of nitrogens with zero attached hydrogens (tertiary/aromatic N) is 4. The van der Waals surface area contributed by atoms with Gasteiger partial charge in [0.15, 0.2) is 0 Å². The highest BCUT2D eigenvalue weighted by atomic mass is 19.4. The highest BCUT2D eigenvalue weighted by Crippen LogP contribution is 2.30. The Morgan fingerprint density at radius 2 is 1.60 bits per heavy atom. The zero-order valence-electron chi connectivity index (χ0n) is 29.0. The summed E-state index contributed by atoms with van der Waals surface area (Å²) in [5, 5.41) is 13.9. The number of rotatable bonds is 13. The number of piperidine rings is 1. The van der Waals surface area contributed by atoms with Crippen molar-refractivity contribution in [1.82, 2.24) is 19.7 Å². The Kier molecular flexibility index (Phi) is 12.3. The summed E-state index contributed by atoms with van der Waals surface area (Å²) in [7, 11) is 0. The second kappa shape index (κ2) is 16.8. The first-order valence-corrected chi connectivity index (χ1v) is 17.2. The number of alkyl halides is 3. The Morgan fingerprint density at radius 3 is 2.24 bits per heavy atom. The lowest BCUT2D eigenvalue weighted by Gasteiger charge is -2.38. The van der Waals surface area contributed by atoms with Crippen molar-refractivity contribution in [2.45, 2.75) is 65.5 Å². The number of phenolic OH excluding ortho intramolecular Hbond substituents is 1. The summed E-state index contributed by atoms with van der Waals surface area (Å²) in [5.74, 6) is 0.131. The smallest absolute Gasteiger partial charge is 0.416 e. The SMILES string of the molecule is CCN(CC)Cc1cc(CN2CCC(N(Cc3ccc(Nc4ccnc(C)c4)cc3)C(=O)/C=C/c3ccc(C(F)(F)F)cc3)CC2)ccc1O. The van der Waals surface area contributed by atoms with E-state index in [0.29, 0.717) is 24.4 Å². The molecule has 0 aliphatic carbocycles. The highest BCUT2D eigenvalue weighted by Gasteiger charge is 2.30. The minimum absolute atomic E-state index is 0.00773. The highest BCUT2D eigenvalue weighted by molar-refractivity contribution is 5.92. The molecule has 1 aliphatic rings. The molecule has 5 rings (SSSR count). The molecule has 2 heterocycles. The molecule has 0 spiro atoms. The molecular weight excluding hydrogens is 639 g/mol. The summed E-state index contributed by atoms with van der Waals surface area (Å²) in [6, 6.07) is 22.5. The van der Waals surface area contributed by atoms with Crippen LogP contribution < -0.4 is 5.32 Å². The molecule has 0 saturated carbocycles. The summed E-state index contributed by atoms with van der Waals surface area (Å²) < 4.78 is 39.2. The standard InChI is InChI=1S/C40H46F3N5O2/c1-4-46(5-2)28-33-25-32(10-16-38(33)49)26-47-22-19-37(20-23-47)48(39(50)17-11-30-6-12-34(13-7-30)40(41,42)43)27-31-8-14-35(15-9-31)45-36-18-21-44-29(3)24-36/h6-18,21,24-25,37,49H,4-5,19-20,22-23,26-28H2,1-3H3,(H,44,45)/b17-11+. The first-order chi connectivity index (χ1) is 24.0. The van der Waals surface area contributed by atoms with Gasteiger partial charge in [-0.05, 0) is 104 Å². The predicted molar refractivity (Wildman–Crippen MR) is 193 cm³/mol. The molecule has 0 radical (unpaired) electrons. The molecule has 7 nitrogen and oxygen atoms in total. The minimum atomic E-state index is -4.41. The molecule has 4 aromatic rings. The first kappa shape index (κ1) is 36.6. The van der Waals surface area contributed by atoms with Gasteiger partial charge in [0.25, 0.3) is 0 Å². The number of amides is 1. The van der Waals surface area contributed by atoms with Gasteiger partial charge in [0.05, 0.1) is 5.56 Å². The molecule has 264 valence electrons. The summed E-state index contributed by atoms with van der Waals surface area (Å²) >= 11 is 0. The molecule has 1 aliphatic heterocycles. The van der Waals surface area contributed by atoms with Crippen molar-refractivity contribution in [3.63, 3.8) is 0 Å². The van der Waals surface area contributed by atoms with E-state index in [9.17, 15) is 23.1 Å². The van der Waals surface area contributed by atoms with E-state index < -0.39 is 11.7 Å². The Balaban J connectivity index is 1.27. The zero-order valence-corrected chi connectivity index (χ0v) is 29.0. The number of nitrogens with one attached hydrogen (secondary N) is 1. The van der Waals surface area contributed by atoms with E-state index in [2.05, 4.69) is 40.0 Å². The van der Waals surface area contributed by atoms with Crippen LogP contribution in [0, 0.1) is 6.92 Å². The van der Waals surface area contributed by atoms with Crippen molar-refractivity contribution in [3.05, 3.63) is 125 Å². The molecular formula is C40H46F3N5O2. The van der Waals surface area contributed by atoms with E-state index in [1.165, 1.54) is 18.2 Å². The monoisotopic (exact) mass is 685 g/mol. The number of pyridine rings is 1. The lowest BCUT2D eigenvalue weighted by Crippen LogP contribution is -2.46. The molecule has 0 atom stereocenters. The number of anilines is 2. The largest absolute Gasteiger partial charge is 0.508 e. The van der Waals surface area contributed by atoms with Crippen LogP contribution in [-0.2, 0) is 30.6 Å². The van der Waals surface area contributed by atoms with Crippen LogP contribution in [0.4, 0.5) is 24.5 Å². The second-order valence-electron chi connectivity index (χ2n) is 12.9. The van der Waals surface area contributed by atoms with Crippen molar-refractivity contribution < 1.29 is 23.1 Å². The summed E-state index contributed by atoms with van der Waals surface area (Å²) in [5.41, 5.74) is 5.62. The molecule has 1 fully saturated rings. The lowest BCUT2D eigenvalue weighted by molar-refractivity contribution is -0.137. The molecule has 2 N–H and O–H groups in total. The maximum Gasteiger partial charge on any atom is 0.416 e. The number of carbonyl (C=O) groups is 1. The number of phenols is 1. The van der Waals surface area contributed by atoms with Gasteiger partial charge < -0.3 is 15.3 Å². The van der Waals surface area contributed by atoms with Gasteiger partial charge in [-0.1, -0.05) is 44.2 Å². The van der Waals surface area contributed by atoms with Crippen LogP contribution in [0.2, 0.25) is 0 Å². The molecule has 10 heteroatoms. The number of benzene rings is 3. The van der Waals surface area contributed by atoms with E-state index in [4.69, 9.17) is 0 Å². The van der Waals surface area contributed by atoms with Gasteiger partial charge in [0.1, 0.15) is 5.75 Å². The van der Waals surface area contributed by atoms with Crippen LogP contribution in [0.25, 0.3) is 6.08 Å². The molecule has 50 heavy (non-hydrogen) atoms. The van der Waals surface area contributed by atoms with E-state index >= 15 is 0 Å². The van der Waals surface area contributed by atoms with Crippen LogP contribution in [0.3, 0.4) is 0 Å². The third kappa shape index (κ3) is 10.2. The molecule has 0 unspecified atom stereocenters. The third-order valence-electron chi connectivity index (χ3n) is 9.27. The number of halogens is 3. The summed E-state index contributed by atoms with van der Waals surface area (Å²) in [6.45, 7) is 11.5. The maximum absolute atomic E-state index is 13.8. The van der Waals surface area contributed by atoms with Gasteiger partial charge in [-0.3, -0.25) is 19.6 Å². The number of aromatic nitrogens is 1. The number of likely N-dealkylation sites (tertiary alicyclic amines) is 1. The van der Waals surface area contributed by atoms with Gasteiger partial charge in [-0.15, -0.1) is 0 Å². The summed E-state index contributed by atoms with van der Waals surface area (Å²) in [4.78, 5) is 24.5. The van der Waals surface area contributed by atoms with Gasteiger partial charge in [-0.2, -0.15) is 13.2 Å². The van der Waals surface area contributed by atoms with Crippen LogP contribution in [0.15, 0.2) is 91.1 Å². The fourth-order valence-corrected chi connectivity index (χ4v) is 6.31. The number of aryl methyl sites for hydroxylation is 1. The zero-order chi connectivity index (χ0) is 35.7. The average Bonchev–Trinajstić information content (AvgIpc) is 3.10. The van der Waals surface area contributed by atoms with Gasteiger partial charge in [0.2, 0.25) is 5.91 Å². The van der Waals surface area contributed by atoms with Crippen molar-refractivity contribution in [1.29, 1.82) is 0 Å². The fraction of sp³-hybridized carbons (Fsp3) is 0.350. The first-order valence-electron chi connectivity index (χ1n) is 17.2. The topological polar surface area (TPSA) is 71.9 Å². The Labute approximate surface area is 293 Å². The number of aromatic hydroxyl groups is 1. The Hall–Kier alpha value is -4.67. The van der Waals surface area contributed by atoms with Gasteiger partial charge in [-0.25, -0.2) is 0 Å². The Morgan fingerprint density at radius 1 is 0.920 bits per heavy atom. The predicted octanol–water partition coefficient (Wildman–Crippen LogP) is 8.41. The van der Waals surface area contributed by atoms with Gasteiger partial charge >= 0.3 is 6.18 Å². The van der Waals surface area contributed by atoms with Crippen molar-refractivity contribution >= 4 is 23.4 Å². The Bertz CT molecular complexity index is 1730. The molecule has 1 saturated heterocycles. The van der Waals surface area contributed by atoms with Crippen LogP contribution >= 0.6 is 0 Å². The second-order valence-corrected chi connectivity index (χ2v) is 12.9. The normalized spacial score (nSPS) is 14.4. The van der Waals surface area contributed by atoms with E-state index in [-0.39, 0.29) is 11.9 Å². The number of hydrogen-bond donors (Lipinski definition) is 2. The molecule has 3 aromatic carbocycles. The third-order valence-corrected chi connectivity index (χ3v) is 9.27. The number of hydrogen-bond acceptors (Lipinski definition) is 6. The van der Waals surface area contributed by atoms with Gasteiger partial charge in [0, 0.05) is 73.7 Å². The molecule has 1 aromatic heterocycles. The fourth-order valence-electron chi connectivity index (χ4n) is 6.31. The minimum Gasteiger partial charge on any atom is -0.508 e. The number of carbonyl (C=O) groups excluding carboxylic acids is 1. The van der Waals surface area contributed by atoms with E-state index in [1.54, 1.807) is 18.3 Å². The van der Waals surface area contributed by atoms with Crippen LogP contribution in [0.1, 0.15) is 60.2 Å². The summed E-state index contributed by atoms with van der Waals surface area (Å²) in [6.07, 6.45) is 1.95. The molecule has 0 bridgehead atoms. The van der Waals surface area contributed by atoms with Crippen molar-refractivity contribution in [3.8, 4) is 5.75 Å². The quantitative estimate of drug-likeness (QED) is 0.138. The van der Waals surface area contributed by atoms with Crippen LogP contribution in [-0.4, -0.2) is 62.9 Å². The van der Waals surface area contributed by atoms with Crippen LogP contribution in [0.5, 0.6) is 5.75 Å². The van der Waals surface area contributed by atoms with Crippen molar-refractivity contribution in [2.75, 3.05) is 31.5 Å². The average molecular weight is 686 g/mol. The lowest BCUT2D eigenvalue weighted by atomic mass is 10.0.